The molecule has 4 aromatic rings. The molecule has 0 atom stereocenters. The van der Waals surface area contributed by atoms with Gasteiger partial charge >= 0.3 is 0 Å². The number of benzene rings is 2. The first kappa shape index (κ1) is 26.2. The van der Waals surface area contributed by atoms with Crippen LogP contribution in [0.15, 0.2) is 91.3 Å². The second-order valence-electron chi connectivity index (χ2n) is 8.96. The Kier molecular flexibility index (Phi) is 10.4. The molecule has 0 saturated heterocycles. The monoisotopic (exact) mass is 496 g/mol. The van der Waals surface area contributed by atoms with Gasteiger partial charge in [0.2, 0.25) is 0 Å². The largest absolute Gasteiger partial charge is 0.494 e. The molecule has 0 aliphatic rings. The van der Waals surface area contributed by atoms with Gasteiger partial charge in [-0.3, -0.25) is 9.97 Å². The summed E-state index contributed by atoms with van der Waals surface area (Å²) >= 11 is 0. The van der Waals surface area contributed by atoms with Crippen molar-refractivity contribution < 1.29 is 14.2 Å². The molecule has 0 aliphatic carbocycles. The van der Waals surface area contributed by atoms with Crippen LogP contribution in [0.2, 0.25) is 0 Å². The van der Waals surface area contributed by atoms with Gasteiger partial charge in [0.15, 0.2) is 0 Å². The molecular formula is C32H36N2O3. The van der Waals surface area contributed by atoms with Gasteiger partial charge in [-0.05, 0) is 66.1 Å². The van der Waals surface area contributed by atoms with Gasteiger partial charge < -0.3 is 14.2 Å². The average Bonchev–Trinajstić information content (AvgIpc) is 2.96. The molecule has 4 rings (SSSR count). The van der Waals surface area contributed by atoms with Crippen molar-refractivity contribution in [2.45, 2.75) is 45.4 Å². The van der Waals surface area contributed by atoms with E-state index >= 15 is 0 Å². The number of nitrogens with zero attached hydrogens (tertiary/aromatic N) is 2. The van der Waals surface area contributed by atoms with E-state index in [9.17, 15) is 0 Å². The SMILES string of the molecule is CCCCCCCOc1ccc(-c2ccc(OCCCOc3ccc(-c4ccccn4)nc3)cc2)cc1. The molecular weight excluding hydrogens is 460 g/mol. The predicted molar refractivity (Wildman–Crippen MR) is 149 cm³/mol. The average molecular weight is 497 g/mol. The highest BCUT2D eigenvalue weighted by atomic mass is 16.5. The van der Waals surface area contributed by atoms with E-state index in [0.717, 1.165) is 59.2 Å². The molecule has 37 heavy (non-hydrogen) atoms. The van der Waals surface area contributed by atoms with Crippen LogP contribution in [0, 0.1) is 0 Å². The van der Waals surface area contributed by atoms with Crippen LogP contribution in [-0.4, -0.2) is 29.8 Å². The van der Waals surface area contributed by atoms with Crippen molar-refractivity contribution in [3.8, 4) is 39.8 Å². The summed E-state index contributed by atoms with van der Waals surface area (Å²) in [5, 5.41) is 0. The van der Waals surface area contributed by atoms with Crippen molar-refractivity contribution in [2.24, 2.45) is 0 Å². The molecule has 0 saturated carbocycles. The standard InChI is InChI=1S/C32H36N2O3/c1-2-3-4-5-8-22-35-28-15-11-26(12-16-28)27-13-17-29(18-14-27)36-23-9-24-37-30-19-20-32(34-25-30)31-10-6-7-21-33-31/h6-7,10-21,25H,2-5,8-9,22-24H2,1H3. The maximum atomic E-state index is 5.89. The summed E-state index contributed by atoms with van der Waals surface area (Å²) in [5.74, 6) is 2.53. The van der Waals surface area contributed by atoms with E-state index in [-0.39, 0.29) is 0 Å². The zero-order chi connectivity index (χ0) is 25.5. The molecule has 0 radical (unpaired) electrons. The van der Waals surface area contributed by atoms with Crippen LogP contribution in [0.4, 0.5) is 0 Å². The van der Waals surface area contributed by atoms with Crippen LogP contribution in [0.3, 0.4) is 0 Å². The Morgan fingerprint density at radius 2 is 1.08 bits per heavy atom. The fourth-order valence-electron chi connectivity index (χ4n) is 3.95. The lowest BCUT2D eigenvalue weighted by molar-refractivity contribution is 0.247. The Hall–Kier alpha value is -3.86. The van der Waals surface area contributed by atoms with E-state index in [1.54, 1.807) is 12.4 Å². The third-order valence-electron chi connectivity index (χ3n) is 6.05. The lowest BCUT2D eigenvalue weighted by Gasteiger charge is -2.10. The van der Waals surface area contributed by atoms with E-state index in [1.165, 1.54) is 25.7 Å². The van der Waals surface area contributed by atoms with Gasteiger partial charge in [-0.25, -0.2) is 0 Å². The van der Waals surface area contributed by atoms with E-state index in [2.05, 4.69) is 41.2 Å². The summed E-state index contributed by atoms with van der Waals surface area (Å²) in [6.45, 7) is 4.18. The molecule has 0 unspecified atom stereocenters. The van der Waals surface area contributed by atoms with Gasteiger partial charge in [0.05, 0.1) is 37.4 Å². The summed E-state index contributed by atoms with van der Waals surface area (Å²) < 4.78 is 17.6. The Labute approximate surface area is 220 Å². The lowest BCUT2D eigenvalue weighted by atomic mass is 10.1. The molecule has 5 heteroatoms. The highest BCUT2D eigenvalue weighted by molar-refractivity contribution is 5.64. The number of hydrogen-bond donors (Lipinski definition) is 0. The van der Waals surface area contributed by atoms with Crippen molar-refractivity contribution >= 4 is 0 Å². The molecule has 0 spiro atoms. The first-order valence-corrected chi connectivity index (χ1v) is 13.3. The van der Waals surface area contributed by atoms with Crippen LogP contribution in [-0.2, 0) is 0 Å². The normalized spacial score (nSPS) is 10.7. The molecule has 0 aliphatic heterocycles. The van der Waals surface area contributed by atoms with Gasteiger partial charge in [-0.15, -0.1) is 0 Å². The minimum Gasteiger partial charge on any atom is -0.494 e. The van der Waals surface area contributed by atoms with Crippen molar-refractivity contribution in [3.05, 3.63) is 91.3 Å². The molecule has 192 valence electrons. The van der Waals surface area contributed by atoms with E-state index in [0.29, 0.717) is 13.2 Å². The number of ether oxygens (including phenoxy) is 3. The van der Waals surface area contributed by atoms with Gasteiger partial charge in [0.1, 0.15) is 17.2 Å². The van der Waals surface area contributed by atoms with Crippen LogP contribution in [0.5, 0.6) is 17.2 Å². The summed E-state index contributed by atoms with van der Waals surface area (Å²) in [6, 6.07) is 26.1. The van der Waals surface area contributed by atoms with E-state index < -0.39 is 0 Å². The maximum absolute atomic E-state index is 5.89. The smallest absolute Gasteiger partial charge is 0.137 e. The Balaban J connectivity index is 1.14. The summed E-state index contributed by atoms with van der Waals surface area (Å²) in [4.78, 5) is 8.75. The zero-order valence-corrected chi connectivity index (χ0v) is 21.6. The second-order valence-corrected chi connectivity index (χ2v) is 8.96. The quantitative estimate of drug-likeness (QED) is 0.156. The number of pyridine rings is 2. The van der Waals surface area contributed by atoms with Crippen LogP contribution < -0.4 is 14.2 Å². The van der Waals surface area contributed by atoms with Crippen molar-refractivity contribution in [1.82, 2.24) is 9.97 Å². The predicted octanol–water partition coefficient (Wildman–Crippen LogP) is 8.01. The molecule has 0 bridgehead atoms. The molecule has 0 fully saturated rings. The summed E-state index contributed by atoms with van der Waals surface area (Å²) in [5.41, 5.74) is 4.00. The van der Waals surface area contributed by atoms with E-state index in [1.807, 2.05) is 54.6 Å². The highest BCUT2D eigenvalue weighted by Crippen LogP contribution is 2.25. The van der Waals surface area contributed by atoms with Gasteiger partial charge in [0.25, 0.3) is 0 Å². The summed E-state index contributed by atoms with van der Waals surface area (Å²) in [6.07, 6.45) is 10.5. The highest BCUT2D eigenvalue weighted by Gasteiger charge is 2.03. The molecule has 2 aromatic carbocycles. The molecule has 2 heterocycles. The number of unbranched alkanes of at least 4 members (excludes halogenated alkanes) is 4. The van der Waals surface area contributed by atoms with E-state index in [4.69, 9.17) is 14.2 Å². The van der Waals surface area contributed by atoms with Gasteiger partial charge in [-0.1, -0.05) is 62.9 Å². The lowest BCUT2D eigenvalue weighted by Crippen LogP contribution is -2.05. The minimum absolute atomic E-state index is 0.565. The van der Waals surface area contributed by atoms with Crippen LogP contribution in [0.25, 0.3) is 22.5 Å². The van der Waals surface area contributed by atoms with Crippen molar-refractivity contribution in [1.29, 1.82) is 0 Å². The zero-order valence-electron chi connectivity index (χ0n) is 21.6. The van der Waals surface area contributed by atoms with Crippen LogP contribution >= 0.6 is 0 Å². The van der Waals surface area contributed by atoms with Gasteiger partial charge in [-0.2, -0.15) is 0 Å². The molecule has 0 N–H and O–H groups in total. The first-order valence-electron chi connectivity index (χ1n) is 13.3. The Morgan fingerprint density at radius 3 is 1.65 bits per heavy atom. The second kappa shape index (κ2) is 14.6. The molecule has 5 nitrogen and oxygen atoms in total. The topological polar surface area (TPSA) is 53.5 Å². The van der Waals surface area contributed by atoms with Crippen molar-refractivity contribution in [2.75, 3.05) is 19.8 Å². The number of hydrogen-bond acceptors (Lipinski definition) is 5. The van der Waals surface area contributed by atoms with Gasteiger partial charge in [0, 0.05) is 12.6 Å². The van der Waals surface area contributed by atoms with Crippen LogP contribution in [0.1, 0.15) is 45.4 Å². The fraction of sp³-hybridized carbons (Fsp3) is 0.312. The number of aromatic nitrogens is 2. The first-order chi connectivity index (χ1) is 18.3. The minimum atomic E-state index is 0.565. The Morgan fingerprint density at radius 1 is 0.514 bits per heavy atom. The Bertz CT molecular complexity index is 1160. The molecule has 2 aromatic heterocycles. The summed E-state index contributed by atoms with van der Waals surface area (Å²) in [7, 11) is 0. The third-order valence-corrected chi connectivity index (χ3v) is 6.05. The van der Waals surface area contributed by atoms with Crippen molar-refractivity contribution in [3.63, 3.8) is 0 Å². The molecule has 0 amide bonds. The fourth-order valence-corrected chi connectivity index (χ4v) is 3.95. The maximum Gasteiger partial charge on any atom is 0.137 e. The third kappa shape index (κ3) is 8.64. The number of rotatable bonds is 15.